The van der Waals surface area contributed by atoms with Gasteiger partial charge < -0.3 is 14.8 Å². The number of nitrogens with one attached hydrogen (secondary N) is 1. The van der Waals surface area contributed by atoms with Crippen LogP contribution in [0.1, 0.15) is 16.7 Å². The summed E-state index contributed by atoms with van der Waals surface area (Å²) in [5.41, 5.74) is 3.78. The zero-order valence-electron chi connectivity index (χ0n) is 12.6. The van der Waals surface area contributed by atoms with Crippen LogP contribution in [0.5, 0.6) is 11.5 Å². The lowest BCUT2D eigenvalue weighted by molar-refractivity contribution is 0.227. The van der Waals surface area contributed by atoms with Crippen molar-refractivity contribution in [3.05, 3.63) is 59.2 Å². The molecular weight excluding hydrogens is 262 g/mol. The van der Waals surface area contributed by atoms with E-state index in [1.54, 1.807) is 7.11 Å². The molecule has 0 bridgehead atoms. The van der Waals surface area contributed by atoms with Crippen LogP contribution in [0.3, 0.4) is 0 Å². The molecule has 3 nitrogen and oxygen atoms in total. The Bertz CT molecular complexity index is 624. The molecule has 1 unspecified atom stereocenters. The summed E-state index contributed by atoms with van der Waals surface area (Å²) in [6.45, 7) is 3.75. The van der Waals surface area contributed by atoms with Crippen molar-refractivity contribution in [3.63, 3.8) is 0 Å². The Morgan fingerprint density at radius 2 is 2.10 bits per heavy atom. The third-order valence-corrected chi connectivity index (χ3v) is 3.84. The highest BCUT2D eigenvalue weighted by molar-refractivity contribution is 5.40. The maximum atomic E-state index is 5.96. The Hall–Kier alpha value is -2.00. The van der Waals surface area contributed by atoms with Crippen LogP contribution >= 0.6 is 0 Å². The lowest BCUT2D eigenvalue weighted by Crippen LogP contribution is -2.29. The van der Waals surface area contributed by atoms with Gasteiger partial charge in [-0.05, 0) is 24.6 Å². The number of ether oxygens (including phenoxy) is 2. The summed E-state index contributed by atoms with van der Waals surface area (Å²) < 4.78 is 11.3. The lowest BCUT2D eigenvalue weighted by atomic mass is 10.1. The normalized spacial score (nSPS) is 16.4. The van der Waals surface area contributed by atoms with Crippen LogP contribution in [0, 0.1) is 6.92 Å². The Labute approximate surface area is 125 Å². The third kappa shape index (κ3) is 3.19. The molecule has 3 rings (SSSR count). The molecular formula is C18H21NO2. The fourth-order valence-corrected chi connectivity index (χ4v) is 2.78. The second-order valence-corrected chi connectivity index (χ2v) is 5.50. The highest BCUT2D eigenvalue weighted by atomic mass is 16.5. The minimum atomic E-state index is 0.219. The van der Waals surface area contributed by atoms with Crippen molar-refractivity contribution >= 4 is 0 Å². The summed E-state index contributed by atoms with van der Waals surface area (Å²) in [5, 5.41) is 3.46. The summed E-state index contributed by atoms with van der Waals surface area (Å²) in [6, 6.07) is 14.5. The molecule has 1 aliphatic rings. The largest absolute Gasteiger partial charge is 0.496 e. The van der Waals surface area contributed by atoms with Gasteiger partial charge in [0.1, 0.15) is 17.6 Å². The van der Waals surface area contributed by atoms with Gasteiger partial charge in [0.05, 0.1) is 7.11 Å². The number of rotatable bonds is 5. The van der Waals surface area contributed by atoms with Crippen molar-refractivity contribution in [2.45, 2.75) is 26.0 Å². The fourth-order valence-electron chi connectivity index (χ4n) is 2.78. The minimum absolute atomic E-state index is 0.219. The molecule has 0 saturated carbocycles. The average Bonchev–Trinajstić information content (AvgIpc) is 2.89. The van der Waals surface area contributed by atoms with E-state index in [-0.39, 0.29) is 6.10 Å². The van der Waals surface area contributed by atoms with Gasteiger partial charge in [-0.1, -0.05) is 35.9 Å². The molecule has 0 spiro atoms. The first-order valence-corrected chi connectivity index (χ1v) is 7.35. The first kappa shape index (κ1) is 14.0. The number of fused-ring (bicyclic) bond motifs is 1. The topological polar surface area (TPSA) is 30.5 Å². The van der Waals surface area contributed by atoms with Crippen molar-refractivity contribution in [1.29, 1.82) is 0 Å². The fraction of sp³-hybridized carbons (Fsp3) is 0.333. The highest BCUT2D eigenvalue weighted by Crippen LogP contribution is 2.29. The summed E-state index contributed by atoms with van der Waals surface area (Å²) in [5.74, 6) is 1.96. The van der Waals surface area contributed by atoms with Crippen LogP contribution in [-0.2, 0) is 13.0 Å². The van der Waals surface area contributed by atoms with Crippen LogP contribution in [0.25, 0.3) is 0 Å². The van der Waals surface area contributed by atoms with Crippen molar-refractivity contribution in [2.75, 3.05) is 13.7 Å². The quantitative estimate of drug-likeness (QED) is 0.914. The zero-order chi connectivity index (χ0) is 14.7. The van der Waals surface area contributed by atoms with Gasteiger partial charge in [-0.3, -0.25) is 0 Å². The Morgan fingerprint density at radius 3 is 2.95 bits per heavy atom. The van der Waals surface area contributed by atoms with Crippen LogP contribution in [0.15, 0.2) is 42.5 Å². The predicted molar refractivity (Wildman–Crippen MR) is 84.0 cm³/mol. The molecule has 0 aromatic heterocycles. The van der Waals surface area contributed by atoms with Crippen molar-refractivity contribution in [2.24, 2.45) is 0 Å². The second kappa shape index (κ2) is 6.19. The van der Waals surface area contributed by atoms with Crippen LogP contribution in [0.4, 0.5) is 0 Å². The molecule has 0 saturated heterocycles. The molecule has 1 atom stereocenters. The molecule has 0 amide bonds. The number of aryl methyl sites for hydroxylation is 1. The van der Waals surface area contributed by atoms with Gasteiger partial charge in [0, 0.05) is 25.1 Å². The number of methoxy groups -OCH3 is 1. The van der Waals surface area contributed by atoms with Gasteiger partial charge in [0.15, 0.2) is 0 Å². The average molecular weight is 283 g/mol. The Balaban J connectivity index is 1.53. The van der Waals surface area contributed by atoms with E-state index < -0.39 is 0 Å². The van der Waals surface area contributed by atoms with Crippen molar-refractivity contribution in [1.82, 2.24) is 5.32 Å². The summed E-state index contributed by atoms with van der Waals surface area (Å²) >= 11 is 0. The molecule has 0 fully saturated rings. The molecule has 1 heterocycles. The molecule has 2 aromatic rings. The van der Waals surface area contributed by atoms with Gasteiger partial charge >= 0.3 is 0 Å². The number of hydrogen-bond donors (Lipinski definition) is 1. The maximum absolute atomic E-state index is 5.96. The standard InChI is InChI=1S/C18H21NO2/c1-13-7-8-18-15(9-13)10-16(21-18)12-19-11-14-5-3-4-6-17(14)20-2/h3-9,16,19H,10-12H2,1-2H3. The highest BCUT2D eigenvalue weighted by Gasteiger charge is 2.22. The van der Waals surface area contributed by atoms with Gasteiger partial charge in [-0.15, -0.1) is 0 Å². The van der Waals surface area contributed by atoms with Crippen molar-refractivity contribution < 1.29 is 9.47 Å². The molecule has 1 aliphatic heterocycles. The smallest absolute Gasteiger partial charge is 0.123 e. The molecule has 110 valence electrons. The molecule has 0 aliphatic carbocycles. The van der Waals surface area contributed by atoms with E-state index >= 15 is 0 Å². The molecule has 0 radical (unpaired) electrons. The monoisotopic (exact) mass is 283 g/mol. The van der Waals surface area contributed by atoms with Crippen LogP contribution in [0.2, 0.25) is 0 Å². The summed E-state index contributed by atoms with van der Waals surface area (Å²) in [4.78, 5) is 0. The van der Waals surface area contributed by atoms with Crippen LogP contribution < -0.4 is 14.8 Å². The number of hydrogen-bond acceptors (Lipinski definition) is 3. The Kier molecular flexibility index (Phi) is 4.11. The lowest BCUT2D eigenvalue weighted by Gasteiger charge is -2.13. The van der Waals surface area contributed by atoms with E-state index in [1.807, 2.05) is 18.2 Å². The second-order valence-electron chi connectivity index (χ2n) is 5.50. The molecule has 2 aromatic carbocycles. The molecule has 1 N–H and O–H groups in total. The minimum Gasteiger partial charge on any atom is -0.496 e. The van der Waals surface area contributed by atoms with Crippen LogP contribution in [-0.4, -0.2) is 19.8 Å². The van der Waals surface area contributed by atoms with E-state index in [1.165, 1.54) is 16.7 Å². The van der Waals surface area contributed by atoms with E-state index in [9.17, 15) is 0 Å². The number of benzene rings is 2. The summed E-state index contributed by atoms with van der Waals surface area (Å²) in [7, 11) is 1.71. The van der Waals surface area contributed by atoms with Gasteiger partial charge in [0.2, 0.25) is 0 Å². The van der Waals surface area contributed by atoms with Gasteiger partial charge in [-0.2, -0.15) is 0 Å². The van der Waals surface area contributed by atoms with E-state index in [0.717, 1.165) is 31.0 Å². The number of para-hydroxylation sites is 1. The first-order valence-electron chi connectivity index (χ1n) is 7.35. The zero-order valence-corrected chi connectivity index (χ0v) is 12.6. The van der Waals surface area contributed by atoms with Gasteiger partial charge in [0.25, 0.3) is 0 Å². The third-order valence-electron chi connectivity index (χ3n) is 3.84. The predicted octanol–water partition coefficient (Wildman–Crippen LogP) is 3.10. The molecule has 3 heteroatoms. The van der Waals surface area contributed by atoms with Gasteiger partial charge in [-0.25, -0.2) is 0 Å². The molecule has 21 heavy (non-hydrogen) atoms. The maximum Gasteiger partial charge on any atom is 0.123 e. The summed E-state index contributed by atoms with van der Waals surface area (Å²) in [6.07, 6.45) is 1.20. The SMILES string of the molecule is COc1ccccc1CNCC1Cc2cc(C)ccc2O1. The van der Waals surface area contributed by atoms with E-state index in [0.29, 0.717) is 0 Å². The van der Waals surface area contributed by atoms with E-state index in [2.05, 4.69) is 36.5 Å². The first-order chi connectivity index (χ1) is 10.3. The van der Waals surface area contributed by atoms with Crippen molar-refractivity contribution in [3.8, 4) is 11.5 Å². The Morgan fingerprint density at radius 1 is 1.24 bits per heavy atom. The van der Waals surface area contributed by atoms with E-state index in [4.69, 9.17) is 9.47 Å².